The monoisotopic (exact) mass is 459 g/mol. The van der Waals surface area contributed by atoms with Crippen molar-refractivity contribution in [3.8, 4) is 5.69 Å². The van der Waals surface area contributed by atoms with Crippen LogP contribution in [0.4, 0.5) is 13.2 Å². The molecule has 4 aromatic rings. The molecule has 3 aromatic carbocycles. The van der Waals surface area contributed by atoms with Crippen LogP contribution in [-0.2, 0) is 18.3 Å². The third-order valence-electron chi connectivity index (χ3n) is 4.65. The van der Waals surface area contributed by atoms with E-state index in [4.69, 9.17) is 11.6 Å². The molecule has 31 heavy (non-hydrogen) atoms. The number of aromatic nitrogens is 3. The summed E-state index contributed by atoms with van der Waals surface area (Å²) in [5, 5.41) is 9.66. The first-order valence-corrected chi connectivity index (χ1v) is 10.8. The molecule has 0 N–H and O–H groups in total. The Bertz CT molecular complexity index is 1180. The van der Waals surface area contributed by atoms with Gasteiger partial charge in [0, 0.05) is 17.2 Å². The molecule has 4 rings (SSSR count). The van der Waals surface area contributed by atoms with Crippen molar-refractivity contribution >= 4 is 23.4 Å². The number of hydrogen-bond donors (Lipinski definition) is 0. The summed E-state index contributed by atoms with van der Waals surface area (Å²) in [5.41, 5.74) is 1.37. The van der Waals surface area contributed by atoms with Crippen LogP contribution in [0.15, 0.2) is 84.0 Å². The lowest BCUT2D eigenvalue weighted by Crippen LogP contribution is -2.08. The van der Waals surface area contributed by atoms with Crippen molar-refractivity contribution < 1.29 is 13.2 Å². The summed E-state index contributed by atoms with van der Waals surface area (Å²) in [6.07, 6.45) is -3.88. The minimum Gasteiger partial charge on any atom is -0.274 e. The SMILES string of the molecule is FC(F)(F)c1ccccc1CSc1nnc(Cc2ccccc2)n1-c1cccc(Cl)c1. The van der Waals surface area contributed by atoms with E-state index in [-0.39, 0.29) is 11.3 Å². The van der Waals surface area contributed by atoms with Gasteiger partial charge in [-0.1, -0.05) is 78.0 Å². The molecule has 0 spiro atoms. The van der Waals surface area contributed by atoms with Crippen LogP contribution in [0.25, 0.3) is 5.69 Å². The van der Waals surface area contributed by atoms with Crippen LogP contribution in [0.3, 0.4) is 0 Å². The quantitative estimate of drug-likeness (QED) is 0.296. The Kier molecular flexibility index (Phi) is 6.34. The minimum absolute atomic E-state index is 0.111. The lowest BCUT2D eigenvalue weighted by molar-refractivity contribution is -0.138. The lowest BCUT2D eigenvalue weighted by atomic mass is 10.1. The molecule has 1 aromatic heterocycles. The van der Waals surface area contributed by atoms with Gasteiger partial charge in [-0.15, -0.1) is 10.2 Å². The normalized spacial score (nSPS) is 11.6. The van der Waals surface area contributed by atoms with Gasteiger partial charge < -0.3 is 0 Å². The van der Waals surface area contributed by atoms with Gasteiger partial charge in [0.15, 0.2) is 5.16 Å². The van der Waals surface area contributed by atoms with E-state index in [1.165, 1.54) is 23.9 Å². The standard InChI is InChI=1S/C23H17ClF3N3S/c24-18-10-6-11-19(14-18)30-21(13-16-7-2-1-3-8-16)28-29-22(30)31-15-17-9-4-5-12-20(17)23(25,26)27/h1-12,14H,13,15H2. The zero-order valence-corrected chi connectivity index (χ0v) is 17.8. The lowest BCUT2D eigenvalue weighted by Gasteiger charge is -2.13. The Hall–Kier alpha value is -2.77. The first-order valence-electron chi connectivity index (χ1n) is 9.44. The number of alkyl halides is 3. The topological polar surface area (TPSA) is 30.7 Å². The maximum Gasteiger partial charge on any atom is 0.416 e. The molecule has 0 amide bonds. The van der Waals surface area contributed by atoms with Crippen molar-refractivity contribution in [1.29, 1.82) is 0 Å². The number of nitrogens with zero attached hydrogens (tertiary/aromatic N) is 3. The zero-order chi connectivity index (χ0) is 21.8. The van der Waals surface area contributed by atoms with Gasteiger partial charge in [-0.2, -0.15) is 13.2 Å². The second-order valence-electron chi connectivity index (χ2n) is 6.82. The molecule has 0 radical (unpaired) electrons. The molecule has 8 heteroatoms. The highest BCUT2D eigenvalue weighted by molar-refractivity contribution is 7.98. The maximum atomic E-state index is 13.4. The highest BCUT2D eigenvalue weighted by atomic mass is 35.5. The molecule has 0 atom stereocenters. The average Bonchev–Trinajstić information content (AvgIpc) is 3.15. The van der Waals surface area contributed by atoms with Crippen LogP contribution < -0.4 is 0 Å². The van der Waals surface area contributed by atoms with Crippen LogP contribution in [-0.4, -0.2) is 14.8 Å². The third-order valence-corrected chi connectivity index (χ3v) is 5.86. The van der Waals surface area contributed by atoms with Gasteiger partial charge in [-0.05, 0) is 35.4 Å². The van der Waals surface area contributed by atoms with Crippen molar-refractivity contribution in [2.24, 2.45) is 0 Å². The van der Waals surface area contributed by atoms with E-state index in [1.54, 1.807) is 18.2 Å². The maximum absolute atomic E-state index is 13.4. The molecule has 0 unspecified atom stereocenters. The molecule has 0 aliphatic carbocycles. The van der Waals surface area contributed by atoms with Crippen LogP contribution in [0.5, 0.6) is 0 Å². The van der Waals surface area contributed by atoms with Crippen molar-refractivity contribution in [2.75, 3.05) is 0 Å². The van der Waals surface area contributed by atoms with Crippen LogP contribution in [0, 0.1) is 0 Å². The zero-order valence-electron chi connectivity index (χ0n) is 16.2. The molecule has 0 saturated heterocycles. The number of halogens is 4. The molecule has 0 bridgehead atoms. The predicted molar refractivity (Wildman–Crippen MR) is 117 cm³/mol. The summed E-state index contributed by atoms with van der Waals surface area (Å²) in [6.45, 7) is 0. The Morgan fingerprint density at radius 2 is 1.61 bits per heavy atom. The predicted octanol–water partition coefficient (Wildman–Crippen LogP) is 6.82. The van der Waals surface area contributed by atoms with Crippen molar-refractivity contribution in [3.05, 3.63) is 106 Å². The minimum atomic E-state index is -4.41. The van der Waals surface area contributed by atoms with Crippen molar-refractivity contribution in [2.45, 2.75) is 23.5 Å². The van der Waals surface area contributed by atoms with Crippen molar-refractivity contribution in [3.63, 3.8) is 0 Å². The van der Waals surface area contributed by atoms with E-state index in [0.29, 0.717) is 22.4 Å². The highest BCUT2D eigenvalue weighted by Crippen LogP contribution is 2.35. The fourth-order valence-corrected chi connectivity index (χ4v) is 4.39. The number of rotatable bonds is 6. The van der Waals surface area contributed by atoms with E-state index in [2.05, 4.69) is 10.2 Å². The summed E-state index contributed by atoms with van der Waals surface area (Å²) in [4.78, 5) is 0. The second kappa shape index (κ2) is 9.16. The van der Waals surface area contributed by atoms with Gasteiger partial charge >= 0.3 is 6.18 Å². The van der Waals surface area contributed by atoms with E-state index < -0.39 is 11.7 Å². The first kappa shape index (κ1) is 21.5. The number of benzene rings is 3. The Morgan fingerprint density at radius 3 is 2.35 bits per heavy atom. The van der Waals surface area contributed by atoms with Gasteiger partial charge in [0.25, 0.3) is 0 Å². The van der Waals surface area contributed by atoms with Gasteiger partial charge in [0.2, 0.25) is 0 Å². The Labute approximate surface area is 186 Å². The molecule has 1 heterocycles. The second-order valence-corrected chi connectivity index (χ2v) is 8.20. The average molecular weight is 460 g/mol. The largest absolute Gasteiger partial charge is 0.416 e. The third kappa shape index (κ3) is 5.11. The van der Waals surface area contributed by atoms with Gasteiger partial charge in [-0.25, -0.2) is 0 Å². The molecule has 0 fully saturated rings. The van der Waals surface area contributed by atoms with E-state index in [0.717, 1.165) is 17.3 Å². The molecule has 3 nitrogen and oxygen atoms in total. The molecule has 158 valence electrons. The summed E-state index contributed by atoms with van der Waals surface area (Å²) in [6, 6.07) is 22.6. The van der Waals surface area contributed by atoms with Gasteiger partial charge in [0.1, 0.15) is 5.82 Å². The number of thioether (sulfide) groups is 1. The summed E-state index contributed by atoms with van der Waals surface area (Å²) >= 11 is 7.39. The fraction of sp³-hybridized carbons (Fsp3) is 0.130. The fourth-order valence-electron chi connectivity index (χ4n) is 3.23. The van der Waals surface area contributed by atoms with Crippen molar-refractivity contribution in [1.82, 2.24) is 14.8 Å². The van der Waals surface area contributed by atoms with Gasteiger partial charge in [0.05, 0.1) is 11.3 Å². The molecule has 0 aliphatic heterocycles. The molecular weight excluding hydrogens is 443 g/mol. The Balaban J connectivity index is 1.68. The molecule has 0 saturated carbocycles. The van der Waals surface area contributed by atoms with E-state index >= 15 is 0 Å². The summed E-state index contributed by atoms with van der Waals surface area (Å²) < 4.78 is 41.9. The Morgan fingerprint density at radius 1 is 0.871 bits per heavy atom. The van der Waals surface area contributed by atoms with Crippen LogP contribution in [0.2, 0.25) is 5.02 Å². The van der Waals surface area contributed by atoms with Crippen LogP contribution in [0.1, 0.15) is 22.5 Å². The van der Waals surface area contributed by atoms with Gasteiger partial charge in [-0.3, -0.25) is 4.57 Å². The van der Waals surface area contributed by atoms with E-state index in [9.17, 15) is 13.2 Å². The van der Waals surface area contributed by atoms with Crippen LogP contribution >= 0.6 is 23.4 Å². The summed E-state index contributed by atoms with van der Waals surface area (Å²) in [5.74, 6) is 0.791. The highest BCUT2D eigenvalue weighted by Gasteiger charge is 2.33. The number of hydrogen-bond acceptors (Lipinski definition) is 3. The first-order chi connectivity index (χ1) is 14.9. The molecule has 0 aliphatic rings. The van der Waals surface area contributed by atoms with E-state index in [1.807, 2.05) is 47.0 Å². The smallest absolute Gasteiger partial charge is 0.274 e. The molecular formula is C23H17ClF3N3S. The summed E-state index contributed by atoms with van der Waals surface area (Å²) in [7, 11) is 0.